The molecule has 0 aromatic heterocycles. The molecule has 6 nitrogen and oxygen atoms in total. The molecule has 57 heavy (non-hydrogen) atoms. The second-order valence-corrected chi connectivity index (χ2v) is 14.8. The van der Waals surface area contributed by atoms with Gasteiger partial charge in [-0.05, 0) is 71.3 Å². The molecule has 3 aliphatic heterocycles. The second-order valence-electron chi connectivity index (χ2n) is 14.8. The third-order valence-corrected chi connectivity index (χ3v) is 11.1. The summed E-state index contributed by atoms with van der Waals surface area (Å²) < 4.78 is 0. The molecule has 3 atom stereocenters. The van der Waals surface area contributed by atoms with Crippen LogP contribution < -0.4 is 14.7 Å². The smallest absolute Gasteiger partial charge is 0.136 e. The van der Waals surface area contributed by atoms with Crippen molar-refractivity contribution in [2.75, 3.05) is 34.3 Å². The van der Waals surface area contributed by atoms with Gasteiger partial charge in [-0.3, -0.25) is 15.0 Å². The monoisotopic (exact) mass is 738 g/mol. The Bertz CT molecular complexity index is 2260. The molecule has 0 spiro atoms. The van der Waals surface area contributed by atoms with E-state index in [1.165, 1.54) is 16.7 Å². The van der Waals surface area contributed by atoms with Crippen molar-refractivity contribution in [1.82, 2.24) is 0 Å². The molecule has 7 aromatic rings. The fourth-order valence-corrected chi connectivity index (χ4v) is 8.33. The predicted octanol–water partition coefficient (Wildman–Crippen LogP) is 10.7. The van der Waals surface area contributed by atoms with Crippen LogP contribution in [0.2, 0.25) is 0 Å². The Hall–Kier alpha value is -7.05. The molecule has 0 saturated carbocycles. The number of benzene rings is 7. The Labute approximate surface area is 334 Å². The molecule has 0 amide bonds. The summed E-state index contributed by atoms with van der Waals surface area (Å²) in [6.07, 6.45) is 0. The van der Waals surface area contributed by atoms with Crippen molar-refractivity contribution in [3.05, 3.63) is 234 Å². The summed E-state index contributed by atoms with van der Waals surface area (Å²) >= 11 is 0. The Morgan fingerprint density at radius 1 is 0.298 bits per heavy atom. The molecule has 0 aliphatic carbocycles. The second kappa shape index (κ2) is 15.2. The predicted molar refractivity (Wildman–Crippen MR) is 235 cm³/mol. The van der Waals surface area contributed by atoms with Gasteiger partial charge >= 0.3 is 0 Å². The summed E-state index contributed by atoms with van der Waals surface area (Å²) in [7, 11) is 0. The van der Waals surface area contributed by atoms with Gasteiger partial charge in [0.15, 0.2) is 0 Å². The molecule has 0 unspecified atom stereocenters. The molecule has 7 aromatic carbocycles. The zero-order chi connectivity index (χ0) is 38.0. The Morgan fingerprint density at radius 3 is 0.772 bits per heavy atom. The summed E-state index contributed by atoms with van der Waals surface area (Å²) in [5.41, 5.74) is 10.0. The molecule has 276 valence electrons. The fourth-order valence-electron chi connectivity index (χ4n) is 8.33. The molecule has 0 bridgehead atoms. The number of para-hydroxylation sites is 3. The minimum Gasteiger partial charge on any atom is -0.324 e. The maximum Gasteiger partial charge on any atom is 0.136 e. The summed E-state index contributed by atoms with van der Waals surface area (Å²) in [5, 5.41) is 0. The molecule has 0 fully saturated rings. The van der Waals surface area contributed by atoms with Crippen LogP contribution in [0.15, 0.2) is 215 Å². The molecular weight excluding hydrogens is 697 g/mol. The van der Waals surface area contributed by atoms with Crippen LogP contribution in [0.3, 0.4) is 0 Å². The number of rotatable bonds is 9. The van der Waals surface area contributed by atoms with E-state index in [-0.39, 0.29) is 18.1 Å². The number of amidine groups is 3. The number of hydrogen-bond donors (Lipinski definition) is 0. The first-order valence-corrected chi connectivity index (χ1v) is 19.8. The Morgan fingerprint density at radius 2 is 0.526 bits per heavy atom. The first kappa shape index (κ1) is 34.4. The van der Waals surface area contributed by atoms with Crippen molar-refractivity contribution in [1.29, 1.82) is 0 Å². The Balaban J connectivity index is 1.18. The van der Waals surface area contributed by atoms with Gasteiger partial charge in [0.1, 0.15) is 17.5 Å². The van der Waals surface area contributed by atoms with E-state index in [1.807, 2.05) is 0 Å². The van der Waals surface area contributed by atoms with Crippen molar-refractivity contribution in [3.63, 3.8) is 0 Å². The van der Waals surface area contributed by atoms with Crippen LogP contribution in [0.25, 0.3) is 0 Å². The Kier molecular flexibility index (Phi) is 9.21. The lowest BCUT2D eigenvalue weighted by atomic mass is 10.0. The van der Waals surface area contributed by atoms with E-state index in [9.17, 15) is 0 Å². The van der Waals surface area contributed by atoms with Gasteiger partial charge in [-0.1, -0.05) is 146 Å². The van der Waals surface area contributed by atoms with Gasteiger partial charge in [-0.2, -0.15) is 0 Å². The van der Waals surface area contributed by atoms with Crippen molar-refractivity contribution < 1.29 is 0 Å². The maximum absolute atomic E-state index is 5.54. The van der Waals surface area contributed by atoms with E-state index >= 15 is 0 Å². The first-order chi connectivity index (χ1) is 28.2. The first-order valence-electron chi connectivity index (χ1n) is 19.8. The fraction of sp³-hybridized carbons (Fsp3) is 0.118. The van der Waals surface area contributed by atoms with E-state index in [4.69, 9.17) is 15.0 Å². The number of aliphatic imine (C=N–C) groups is 3. The molecule has 0 N–H and O–H groups in total. The van der Waals surface area contributed by atoms with E-state index in [0.29, 0.717) is 0 Å². The molecule has 0 saturated heterocycles. The summed E-state index contributed by atoms with van der Waals surface area (Å²) in [6, 6.07) is 70.7. The van der Waals surface area contributed by atoms with Gasteiger partial charge in [0.05, 0.1) is 37.8 Å². The standard InChI is InChI=1S/C51H42N6/c1-7-19-37(20-8-1)46-34-55(43-25-13-4-14-26-43)49(52-46)40-31-41(50-53-47(38-21-9-2-10-22-38)35-56(50)44-27-15-5-16-28-44)33-42(32-40)51-54-48(39-23-11-3-12-24-39)36-57(51)45-29-17-6-18-30-45/h1-33,46-48H,34-36H2/t46-,47-,48-/m0/s1. The SMILES string of the molecule is c1ccc([C@@H]2CN(c3ccccc3)C(c3cc(C4=N[C@H](c5ccccc5)CN4c4ccccc4)cc(C4=N[C@H](c5ccccc5)CN4c4ccccc4)c3)=N2)cc1. The van der Waals surface area contributed by atoms with E-state index < -0.39 is 0 Å². The highest BCUT2D eigenvalue weighted by atomic mass is 15.3. The molecule has 6 heteroatoms. The van der Waals surface area contributed by atoms with Crippen LogP contribution in [0.4, 0.5) is 17.1 Å². The summed E-state index contributed by atoms with van der Waals surface area (Å²) in [4.78, 5) is 23.7. The minimum atomic E-state index is -0.0206. The highest BCUT2D eigenvalue weighted by Crippen LogP contribution is 2.37. The van der Waals surface area contributed by atoms with Gasteiger partial charge in [0, 0.05) is 33.8 Å². The molecular formula is C51H42N6. The maximum atomic E-state index is 5.54. The zero-order valence-corrected chi connectivity index (χ0v) is 31.6. The number of anilines is 3. The largest absolute Gasteiger partial charge is 0.324 e. The van der Waals surface area contributed by atoms with Crippen LogP contribution in [0.5, 0.6) is 0 Å². The third-order valence-electron chi connectivity index (χ3n) is 11.1. The lowest BCUT2D eigenvalue weighted by Crippen LogP contribution is -2.32. The van der Waals surface area contributed by atoms with Crippen molar-refractivity contribution >= 4 is 34.6 Å². The van der Waals surface area contributed by atoms with Crippen LogP contribution >= 0.6 is 0 Å². The van der Waals surface area contributed by atoms with Gasteiger partial charge < -0.3 is 14.7 Å². The molecule has 3 aliphatic rings. The molecule has 3 heterocycles. The normalized spacial score (nSPS) is 19.1. The number of nitrogens with zero attached hydrogens (tertiary/aromatic N) is 6. The number of hydrogen-bond acceptors (Lipinski definition) is 6. The minimum absolute atomic E-state index is 0.0206. The lowest BCUT2D eigenvalue weighted by Gasteiger charge is -2.26. The van der Waals surface area contributed by atoms with Crippen molar-refractivity contribution in [2.45, 2.75) is 18.1 Å². The van der Waals surface area contributed by atoms with Gasteiger partial charge in [-0.25, -0.2) is 0 Å². The lowest BCUT2D eigenvalue weighted by molar-refractivity contribution is 0.780. The van der Waals surface area contributed by atoms with Crippen LogP contribution in [0.1, 0.15) is 51.5 Å². The molecule has 0 radical (unpaired) electrons. The highest BCUT2D eigenvalue weighted by Gasteiger charge is 2.34. The third kappa shape index (κ3) is 6.91. The summed E-state index contributed by atoms with van der Waals surface area (Å²) in [6.45, 7) is 2.22. The van der Waals surface area contributed by atoms with Crippen LogP contribution in [0, 0.1) is 0 Å². The highest BCUT2D eigenvalue weighted by molar-refractivity contribution is 6.19. The van der Waals surface area contributed by atoms with E-state index in [0.717, 1.165) is 70.9 Å². The van der Waals surface area contributed by atoms with Gasteiger partial charge in [0.2, 0.25) is 0 Å². The summed E-state index contributed by atoms with van der Waals surface area (Å²) in [5.74, 6) is 2.81. The zero-order valence-electron chi connectivity index (χ0n) is 31.6. The quantitative estimate of drug-likeness (QED) is 0.148. The van der Waals surface area contributed by atoms with E-state index in [1.54, 1.807) is 0 Å². The van der Waals surface area contributed by atoms with Gasteiger partial charge in [-0.15, -0.1) is 0 Å². The van der Waals surface area contributed by atoms with Crippen molar-refractivity contribution in [3.8, 4) is 0 Å². The van der Waals surface area contributed by atoms with E-state index in [2.05, 4.69) is 215 Å². The average Bonchev–Trinajstić information content (AvgIpc) is 4.07. The van der Waals surface area contributed by atoms with Crippen LogP contribution in [-0.2, 0) is 0 Å². The van der Waals surface area contributed by atoms with Crippen molar-refractivity contribution in [2.24, 2.45) is 15.0 Å². The van der Waals surface area contributed by atoms with Crippen LogP contribution in [-0.4, -0.2) is 37.1 Å². The average molecular weight is 739 g/mol. The molecule has 10 rings (SSSR count). The van der Waals surface area contributed by atoms with Gasteiger partial charge in [0.25, 0.3) is 0 Å². The topological polar surface area (TPSA) is 46.8 Å².